The van der Waals surface area contributed by atoms with E-state index in [0.29, 0.717) is 18.7 Å². The van der Waals surface area contributed by atoms with Crippen LogP contribution in [0.25, 0.3) is 0 Å². The summed E-state index contributed by atoms with van der Waals surface area (Å²) in [6, 6.07) is 14.6. The van der Waals surface area contributed by atoms with Crippen molar-refractivity contribution in [3.05, 3.63) is 93.7 Å². The summed E-state index contributed by atoms with van der Waals surface area (Å²) >= 11 is 0. The number of nitrogens with zero attached hydrogens (tertiary/aromatic N) is 2. The van der Waals surface area contributed by atoms with Gasteiger partial charge in [-0.3, -0.25) is 14.6 Å². The highest BCUT2D eigenvalue weighted by atomic mass is 16.2. The van der Waals surface area contributed by atoms with E-state index in [4.69, 9.17) is 0 Å². The smallest absolute Gasteiger partial charge is 0.261 e. The van der Waals surface area contributed by atoms with Crippen molar-refractivity contribution >= 4 is 11.6 Å². The molecular weight excluding hydrogens is 338 g/mol. The predicted octanol–water partition coefficient (Wildman–Crippen LogP) is 3.80. The number of carbonyl (C=O) groups excluding carboxylic acids is 1. The van der Waals surface area contributed by atoms with Gasteiger partial charge in [-0.2, -0.15) is 0 Å². The van der Waals surface area contributed by atoms with Gasteiger partial charge in [0.25, 0.3) is 5.91 Å². The van der Waals surface area contributed by atoms with E-state index in [9.17, 15) is 9.59 Å². The molecule has 0 spiro atoms. The third kappa shape index (κ3) is 4.31. The number of benzene rings is 1. The number of amides is 1. The second-order valence-corrected chi connectivity index (χ2v) is 6.49. The van der Waals surface area contributed by atoms with Crippen molar-refractivity contribution in [2.45, 2.75) is 33.2 Å². The minimum atomic E-state index is -0.366. The summed E-state index contributed by atoms with van der Waals surface area (Å²) in [5.41, 5.74) is 3.27. The van der Waals surface area contributed by atoms with Crippen molar-refractivity contribution in [2.24, 2.45) is 0 Å². The molecule has 1 aromatic carbocycles. The molecule has 27 heavy (non-hydrogen) atoms. The largest absolute Gasteiger partial charge is 0.343 e. The van der Waals surface area contributed by atoms with Crippen molar-refractivity contribution in [3.63, 3.8) is 0 Å². The normalized spacial score (nSPS) is 10.6. The Kier molecular flexibility index (Phi) is 5.81. The molecule has 0 saturated heterocycles. The molecule has 0 bridgehead atoms. The van der Waals surface area contributed by atoms with Gasteiger partial charge >= 0.3 is 0 Å². The molecule has 3 aromatic rings. The molecule has 3 rings (SSSR count). The molecular formula is C22H23N3O2. The Morgan fingerprint density at radius 3 is 2.59 bits per heavy atom. The van der Waals surface area contributed by atoms with Crippen molar-refractivity contribution < 1.29 is 4.79 Å². The average Bonchev–Trinajstić information content (AvgIpc) is 2.66. The number of anilines is 1. The van der Waals surface area contributed by atoms with Crippen LogP contribution in [-0.4, -0.2) is 15.5 Å². The fourth-order valence-corrected chi connectivity index (χ4v) is 3.18. The van der Waals surface area contributed by atoms with E-state index in [0.717, 1.165) is 23.4 Å². The lowest BCUT2D eigenvalue weighted by Gasteiger charge is -2.20. The van der Waals surface area contributed by atoms with Crippen LogP contribution in [0.15, 0.2) is 65.7 Å². The number of pyridine rings is 2. The molecule has 1 amide bonds. The highest BCUT2D eigenvalue weighted by molar-refractivity contribution is 6.05. The van der Waals surface area contributed by atoms with Crippen LogP contribution >= 0.6 is 0 Å². The van der Waals surface area contributed by atoms with E-state index in [2.05, 4.69) is 10.3 Å². The summed E-state index contributed by atoms with van der Waals surface area (Å²) in [5.74, 6) is -0.366. The predicted molar refractivity (Wildman–Crippen MR) is 107 cm³/mol. The van der Waals surface area contributed by atoms with Gasteiger partial charge in [-0.15, -0.1) is 0 Å². The fraction of sp³-hybridized carbons (Fsp3) is 0.227. The van der Waals surface area contributed by atoms with E-state index >= 15 is 0 Å². The zero-order valence-electron chi connectivity index (χ0n) is 15.6. The Hall–Kier alpha value is -3.21. The lowest BCUT2D eigenvalue weighted by Crippen LogP contribution is -2.28. The van der Waals surface area contributed by atoms with Crippen LogP contribution in [0.4, 0.5) is 5.69 Å². The number of aromatic nitrogens is 2. The van der Waals surface area contributed by atoms with Crippen molar-refractivity contribution in [1.82, 2.24) is 9.55 Å². The number of para-hydroxylation sites is 1. The number of carbonyl (C=O) groups is 1. The van der Waals surface area contributed by atoms with Crippen LogP contribution in [0.3, 0.4) is 0 Å². The van der Waals surface area contributed by atoms with Crippen molar-refractivity contribution in [3.8, 4) is 0 Å². The molecule has 0 atom stereocenters. The molecule has 5 heteroatoms. The summed E-state index contributed by atoms with van der Waals surface area (Å²) in [6.07, 6.45) is 5.01. The first-order valence-corrected chi connectivity index (χ1v) is 9.08. The Morgan fingerprint density at radius 2 is 1.93 bits per heavy atom. The Bertz CT molecular complexity index is 980. The van der Waals surface area contributed by atoms with Crippen LogP contribution in [0.1, 0.15) is 40.7 Å². The molecule has 138 valence electrons. The lowest BCUT2D eigenvalue weighted by atomic mass is 10.1. The third-order valence-corrected chi connectivity index (χ3v) is 4.44. The maximum absolute atomic E-state index is 12.9. The van der Waals surface area contributed by atoms with E-state index in [-0.39, 0.29) is 16.9 Å². The van der Waals surface area contributed by atoms with Crippen LogP contribution in [-0.2, 0) is 13.0 Å². The molecule has 0 aliphatic carbocycles. The van der Waals surface area contributed by atoms with E-state index < -0.39 is 0 Å². The first-order chi connectivity index (χ1) is 13.1. The first-order valence-electron chi connectivity index (χ1n) is 9.08. The first kappa shape index (κ1) is 18.6. The van der Waals surface area contributed by atoms with Crippen molar-refractivity contribution in [2.75, 3.05) is 5.32 Å². The monoisotopic (exact) mass is 361 g/mol. The summed E-state index contributed by atoms with van der Waals surface area (Å²) in [4.78, 5) is 29.8. The van der Waals surface area contributed by atoms with Crippen LogP contribution in [0.2, 0.25) is 0 Å². The summed E-state index contributed by atoms with van der Waals surface area (Å²) < 4.78 is 2.04. The minimum Gasteiger partial charge on any atom is -0.343 e. The van der Waals surface area contributed by atoms with Gasteiger partial charge in [-0.1, -0.05) is 37.6 Å². The van der Waals surface area contributed by atoms with Gasteiger partial charge in [0, 0.05) is 42.1 Å². The van der Waals surface area contributed by atoms with Crippen LogP contribution in [0, 0.1) is 6.92 Å². The van der Waals surface area contributed by atoms with Crippen molar-refractivity contribution in [1.29, 1.82) is 0 Å². The molecule has 0 aliphatic rings. The zero-order valence-corrected chi connectivity index (χ0v) is 15.6. The Labute approximate surface area is 158 Å². The Balaban J connectivity index is 2.05. The summed E-state index contributed by atoms with van der Waals surface area (Å²) in [6.45, 7) is 4.51. The standard InChI is InChI=1S/C22H23N3O2/c1-3-8-19-21(22(27)24-18-10-5-4-6-11-18)20(26)13-16(2)25(19)15-17-9-7-12-23-14-17/h4-7,9-14H,3,8,15H2,1-2H3,(H,24,27). The molecule has 0 unspecified atom stereocenters. The number of nitrogens with one attached hydrogen (secondary N) is 1. The lowest BCUT2D eigenvalue weighted by molar-refractivity contribution is 0.102. The van der Waals surface area contributed by atoms with Gasteiger partial charge in [-0.05, 0) is 37.1 Å². The fourth-order valence-electron chi connectivity index (χ4n) is 3.18. The second kappa shape index (κ2) is 8.45. The summed E-state index contributed by atoms with van der Waals surface area (Å²) in [7, 11) is 0. The molecule has 2 heterocycles. The third-order valence-electron chi connectivity index (χ3n) is 4.44. The van der Waals surface area contributed by atoms with Gasteiger partial charge in [0.1, 0.15) is 5.56 Å². The van der Waals surface area contributed by atoms with E-state index in [1.165, 1.54) is 6.07 Å². The number of rotatable bonds is 6. The quantitative estimate of drug-likeness (QED) is 0.726. The number of aryl methyl sites for hydroxylation is 1. The zero-order chi connectivity index (χ0) is 19.2. The number of hydrogen-bond donors (Lipinski definition) is 1. The molecule has 0 saturated carbocycles. The highest BCUT2D eigenvalue weighted by Crippen LogP contribution is 2.16. The molecule has 5 nitrogen and oxygen atoms in total. The molecule has 0 radical (unpaired) electrons. The highest BCUT2D eigenvalue weighted by Gasteiger charge is 2.20. The van der Waals surface area contributed by atoms with Gasteiger partial charge < -0.3 is 9.88 Å². The van der Waals surface area contributed by atoms with Gasteiger partial charge in [0.15, 0.2) is 5.43 Å². The minimum absolute atomic E-state index is 0.218. The van der Waals surface area contributed by atoms with Crippen LogP contribution < -0.4 is 10.7 Å². The summed E-state index contributed by atoms with van der Waals surface area (Å²) in [5, 5.41) is 2.84. The maximum Gasteiger partial charge on any atom is 0.261 e. The Morgan fingerprint density at radius 1 is 1.15 bits per heavy atom. The van der Waals surface area contributed by atoms with Gasteiger partial charge in [0.2, 0.25) is 0 Å². The molecule has 0 aliphatic heterocycles. The number of hydrogen-bond acceptors (Lipinski definition) is 3. The van der Waals surface area contributed by atoms with E-state index in [1.807, 2.05) is 48.7 Å². The second-order valence-electron chi connectivity index (χ2n) is 6.49. The van der Waals surface area contributed by atoms with E-state index in [1.54, 1.807) is 24.5 Å². The average molecular weight is 361 g/mol. The van der Waals surface area contributed by atoms with Gasteiger partial charge in [-0.25, -0.2) is 0 Å². The maximum atomic E-state index is 12.9. The van der Waals surface area contributed by atoms with Crippen LogP contribution in [0.5, 0.6) is 0 Å². The SMILES string of the molecule is CCCc1c(C(=O)Nc2ccccc2)c(=O)cc(C)n1Cc1cccnc1. The molecule has 2 aromatic heterocycles. The topological polar surface area (TPSA) is 64.0 Å². The van der Waals surface area contributed by atoms with Gasteiger partial charge in [0.05, 0.1) is 0 Å². The molecule has 1 N–H and O–H groups in total. The molecule has 0 fully saturated rings.